The fourth-order valence-corrected chi connectivity index (χ4v) is 3.64. The lowest BCUT2D eigenvalue weighted by atomic mass is 10.0. The molecule has 0 fully saturated rings. The second-order valence-electron chi connectivity index (χ2n) is 7.27. The van der Waals surface area contributed by atoms with Gasteiger partial charge in [-0.1, -0.05) is 80.0 Å². The van der Waals surface area contributed by atoms with E-state index in [4.69, 9.17) is 16.6 Å². The van der Waals surface area contributed by atoms with E-state index in [9.17, 15) is 0 Å². The zero-order chi connectivity index (χ0) is 18.8. The Balaban J connectivity index is 1.73. The van der Waals surface area contributed by atoms with Crippen molar-refractivity contribution in [1.82, 2.24) is 9.55 Å². The van der Waals surface area contributed by atoms with Gasteiger partial charge in [-0.25, -0.2) is 4.98 Å². The van der Waals surface area contributed by atoms with E-state index in [1.54, 1.807) is 0 Å². The number of para-hydroxylation sites is 2. The number of rotatable bonds is 5. The molecule has 0 unspecified atom stereocenters. The highest BCUT2D eigenvalue weighted by atomic mass is 35.5. The lowest BCUT2D eigenvalue weighted by Crippen LogP contribution is -2.06. The Labute approximate surface area is 165 Å². The molecule has 0 radical (unpaired) electrons. The summed E-state index contributed by atoms with van der Waals surface area (Å²) < 4.78 is 2.31. The molecule has 0 atom stereocenters. The Bertz CT molecular complexity index is 1060. The van der Waals surface area contributed by atoms with Gasteiger partial charge < -0.3 is 4.57 Å². The van der Waals surface area contributed by atoms with Crippen LogP contribution in [0.15, 0.2) is 72.8 Å². The van der Waals surface area contributed by atoms with Gasteiger partial charge in [0.2, 0.25) is 0 Å². The summed E-state index contributed by atoms with van der Waals surface area (Å²) in [6.07, 6.45) is 0.721. The fraction of sp³-hybridized carbons (Fsp3) is 0.208. The SMILES string of the molecule is CC(C)c1ccc(Cn2c(Cc3ccccc3Cl)nc3ccccc32)cc1. The summed E-state index contributed by atoms with van der Waals surface area (Å²) in [6, 6.07) is 25.2. The summed E-state index contributed by atoms with van der Waals surface area (Å²) in [6.45, 7) is 5.25. The Morgan fingerprint density at radius 2 is 1.59 bits per heavy atom. The largest absolute Gasteiger partial charge is 0.323 e. The molecular weight excluding hydrogens is 352 g/mol. The fourth-order valence-electron chi connectivity index (χ4n) is 3.44. The highest BCUT2D eigenvalue weighted by molar-refractivity contribution is 6.31. The maximum atomic E-state index is 6.40. The number of fused-ring (bicyclic) bond motifs is 1. The summed E-state index contributed by atoms with van der Waals surface area (Å²) in [4.78, 5) is 4.90. The van der Waals surface area contributed by atoms with E-state index in [2.05, 4.69) is 66.9 Å². The van der Waals surface area contributed by atoms with Crippen LogP contribution in [0, 0.1) is 0 Å². The molecule has 0 aliphatic heterocycles. The van der Waals surface area contributed by atoms with Gasteiger partial charge in [-0.3, -0.25) is 0 Å². The van der Waals surface area contributed by atoms with Crippen molar-refractivity contribution >= 4 is 22.6 Å². The number of aromatic nitrogens is 2. The molecule has 0 N–H and O–H groups in total. The maximum Gasteiger partial charge on any atom is 0.114 e. The predicted octanol–water partition coefficient (Wildman–Crippen LogP) is 6.45. The molecule has 0 amide bonds. The van der Waals surface area contributed by atoms with Gasteiger partial charge in [-0.05, 0) is 40.8 Å². The Kier molecular flexibility index (Phi) is 5.00. The molecule has 0 saturated heterocycles. The van der Waals surface area contributed by atoms with Crippen LogP contribution in [0.25, 0.3) is 11.0 Å². The van der Waals surface area contributed by atoms with Crippen LogP contribution in [0.2, 0.25) is 5.02 Å². The molecule has 3 aromatic carbocycles. The number of hydrogen-bond donors (Lipinski definition) is 0. The second kappa shape index (κ2) is 7.58. The van der Waals surface area contributed by atoms with Crippen LogP contribution in [0.5, 0.6) is 0 Å². The first-order chi connectivity index (χ1) is 13.1. The molecule has 4 aromatic rings. The quantitative estimate of drug-likeness (QED) is 0.392. The maximum absolute atomic E-state index is 6.40. The van der Waals surface area contributed by atoms with Gasteiger partial charge in [0.15, 0.2) is 0 Å². The van der Waals surface area contributed by atoms with E-state index < -0.39 is 0 Å². The molecule has 0 spiro atoms. The molecule has 2 nitrogen and oxygen atoms in total. The van der Waals surface area contributed by atoms with Crippen LogP contribution in [0.3, 0.4) is 0 Å². The summed E-state index contributed by atoms with van der Waals surface area (Å²) in [5, 5.41) is 0.789. The zero-order valence-electron chi connectivity index (χ0n) is 15.7. The molecule has 4 rings (SSSR count). The van der Waals surface area contributed by atoms with Gasteiger partial charge >= 0.3 is 0 Å². The average molecular weight is 375 g/mol. The zero-order valence-corrected chi connectivity index (χ0v) is 16.4. The molecule has 0 aliphatic rings. The van der Waals surface area contributed by atoms with E-state index in [-0.39, 0.29) is 0 Å². The van der Waals surface area contributed by atoms with Gasteiger partial charge in [0.05, 0.1) is 11.0 Å². The average Bonchev–Trinajstić information content (AvgIpc) is 3.01. The van der Waals surface area contributed by atoms with Crippen LogP contribution in [0.1, 0.15) is 42.3 Å². The summed E-state index contributed by atoms with van der Waals surface area (Å²) in [5.41, 5.74) is 5.94. The van der Waals surface area contributed by atoms with Gasteiger partial charge in [0.1, 0.15) is 5.82 Å². The van der Waals surface area contributed by atoms with Crippen molar-refractivity contribution in [2.75, 3.05) is 0 Å². The molecule has 3 heteroatoms. The number of halogens is 1. The van der Waals surface area contributed by atoms with Gasteiger partial charge in [-0.15, -0.1) is 0 Å². The second-order valence-corrected chi connectivity index (χ2v) is 7.67. The standard InChI is InChI=1S/C24H23ClN2/c1-17(2)19-13-11-18(12-14-19)16-27-23-10-6-5-9-22(23)26-24(27)15-20-7-3-4-8-21(20)25/h3-14,17H,15-16H2,1-2H3. The first-order valence-corrected chi connectivity index (χ1v) is 9.76. The van der Waals surface area contributed by atoms with Crippen molar-refractivity contribution in [3.05, 3.63) is 100 Å². The van der Waals surface area contributed by atoms with Crippen LogP contribution in [0.4, 0.5) is 0 Å². The molecule has 0 bridgehead atoms. The van der Waals surface area contributed by atoms with Crippen molar-refractivity contribution in [2.24, 2.45) is 0 Å². The highest BCUT2D eigenvalue weighted by Crippen LogP contribution is 2.24. The first kappa shape index (κ1) is 17.8. The van der Waals surface area contributed by atoms with Crippen molar-refractivity contribution in [3.8, 4) is 0 Å². The van der Waals surface area contributed by atoms with Crippen LogP contribution in [-0.2, 0) is 13.0 Å². The van der Waals surface area contributed by atoms with Crippen molar-refractivity contribution < 1.29 is 0 Å². The Morgan fingerprint density at radius 3 is 2.33 bits per heavy atom. The molecular formula is C24H23ClN2. The number of nitrogens with zero attached hydrogens (tertiary/aromatic N) is 2. The Morgan fingerprint density at radius 1 is 0.889 bits per heavy atom. The van der Waals surface area contributed by atoms with Crippen LogP contribution < -0.4 is 0 Å². The first-order valence-electron chi connectivity index (χ1n) is 9.38. The van der Waals surface area contributed by atoms with Crippen molar-refractivity contribution in [2.45, 2.75) is 32.7 Å². The van der Waals surface area contributed by atoms with Crippen molar-refractivity contribution in [1.29, 1.82) is 0 Å². The minimum absolute atomic E-state index is 0.545. The number of hydrogen-bond acceptors (Lipinski definition) is 1. The van der Waals surface area contributed by atoms with E-state index >= 15 is 0 Å². The Hall–Kier alpha value is -2.58. The van der Waals surface area contributed by atoms with E-state index in [0.717, 1.165) is 40.4 Å². The normalized spacial score (nSPS) is 11.4. The lowest BCUT2D eigenvalue weighted by molar-refractivity contribution is 0.761. The minimum atomic E-state index is 0.545. The lowest BCUT2D eigenvalue weighted by Gasteiger charge is -2.12. The van der Waals surface area contributed by atoms with Crippen molar-refractivity contribution in [3.63, 3.8) is 0 Å². The smallest absolute Gasteiger partial charge is 0.114 e. The van der Waals surface area contributed by atoms with E-state index in [1.165, 1.54) is 11.1 Å². The summed E-state index contributed by atoms with van der Waals surface area (Å²) >= 11 is 6.40. The van der Waals surface area contributed by atoms with Gasteiger partial charge in [0, 0.05) is 18.0 Å². The highest BCUT2D eigenvalue weighted by Gasteiger charge is 2.13. The van der Waals surface area contributed by atoms with Gasteiger partial charge in [0.25, 0.3) is 0 Å². The molecule has 27 heavy (non-hydrogen) atoms. The predicted molar refractivity (Wildman–Crippen MR) is 114 cm³/mol. The molecule has 0 saturated carbocycles. The molecule has 1 aromatic heterocycles. The molecule has 136 valence electrons. The number of benzene rings is 3. The van der Waals surface area contributed by atoms with Crippen LogP contribution in [-0.4, -0.2) is 9.55 Å². The van der Waals surface area contributed by atoms with E-state index in [1.807, 2.05) is 24.3 Å². The third-order valence-corrected chi connectivity index (χ3v) is 5.40. The summed E-state index contributed by atoms with van der Waals surface area (Å²) in [5.74, 6) is 1.58. The van der Waals surface area contributed by atoms with Crippen LogP contribution >= 0.6 is 11.6 Å². The summed E-state index contributed by atoms with van der Waals surface area (Å²) in [7, 11) is 0. The van der Waals surface area contributed by atoms with Gasteiger partial charge in [-0.2, -0.15) is 0 Å². The molecule has 1 heterocycles. The molecule has 0 aliphatic carbocycles. The monoisotopic (exact) mass is 374 g/mol. The topological polar surface area (TPSA) is 17.8 Å². The minimum Gasteiger partial charge on any atom is -0.323 e. The third kappa shape index (κ3) is 3.77. The number of imidazole rings is 1. The third-order valence-electron chi connectivity index (χ3n) is 5.03. The van der Waals surface area contributed by atoms with E-state index in [0.29, 0.717) is 5.92 Å².